The lowest BCUT2D eigenvalue weighted by molar-refractivity contribution is 0.480. The average Bonchev–Trinajstić information content (AvgIpc) is 2.02. The Balaban J connectivity index is 3.03. The van der Waals surface area contributed by atoms with E-state index >= 15 is 0 Å². The molecule has 0 bridgehead atoms. The van der Waals surface area contributed by atoms with Gasteiger partial charge in [-0.25, -0.2) is 0 Å². The molecule has 0 radical (unpaired) electrons. The highest BCUT2D eigenvalue weighted by molar-refractivity contribution is 6.35. The highest BCUT2D eigenvalue weighted by Gasteiger charge is 2.04. The first-order valence-corrected chi connectivity index (χ1v) is 4.07. The van der Waals surface area contributed by atoms with E-state index in [2.05, 4.69) is 4.98 Å². The molecule has 0 spiro atoms. The first kappa shape index (κ1) is 8.13. The van der Waals surface area contributed by atoms with E-state index in [1.807, 2.05) is 0 Å². The highest BCUT2D eigenvalue weighted by Crippen LogP contribution is 2.28. The van der Waals surface area contributed by atoms with Crippen molar-refractivity contribution >= 4 is 22.5 Å². The maximum absolute atomic E-state index is 11.0. The molecule has 0 aliphatic carbocycles. The number of nitrogens with one attached hydrogen (secondary N) is 1. The number of pyridine rings is 1. The van der Waals surface area contributed by atoms with Gasteiger partial charge in [-0.3, -0.25) is 4.79 Å². The molecule has 0 aliphatic heterocycles. The molecule has 2 rings (SSSR count). The van der Waals surface area contributed by atoms with E-state index in [1.54, 1.807) is 18.2 Å². The lowest BCUT2D eigenvalue weighted by Crippen LogP contribution is -2.02. The zero-order valence-corrected chi connectivity index (χ0v) is 7.30. The Morgan fingerprint density at radius 2 is 2.15 bits per heavy atom. The number of hydrogen-bond donors (Lipinski definition) is 2. The van der Waals surface area contributed by atoms with Crippen LogP contribution in [-0.4, -0.2) is 10.1 Å². The fourth-order valence-corrected chi connectivity index (χ4v) is 1.53. The van der Waals surface area contributed by atoms with Crippen molar-refractivity contribution in [3.8, 4) is 5.75 Å². The molecule has 1 aromatic carbocycles. The summed E-state index contributed by atoms with van der Waals surface area (Å²) < 4.78 is 0. The second-order valence-electron chi connectivity index (χ2n) is 2.68. The quantitative estimate of drug-likeness (QED) is 0.675. The van der Waals surface area contributed by atoms with Crippen LogP contribution in [0.15, 0.2) is 29.1 Å². The zero-order valence-electron chi connectivity index (χ0n) is 6.54. The number of fused-ring (bicyclic) bond motifs is 1. The minimum atomic E-state index is -0.340. The molecule has 1 heterocycles. The van der Waals surface area contributed by atoms with Gasteiger partial charge in [-0.15, -0.1) is 0 Å². The molecule has 0 unspecified atom stereocenters. The van der Waals surface area contributed by atoms with E-state index in [-0.39, 0.29) is 11.3 Å². The summed E-state index contributed by atoms with van der Waals surface area (Å²) in [6.45, 7) is 0. The lowest BCUT2D eigenvalue weighted by atomic mass is 10.2. The van der Waals surface area contributed by atoms with Crippen molar-refractivity contribution in [1.82, 2.24) is 4.98 Å². The first-order valence-electron chi connectivity index (χ1n) is 3.69. The number of H-pyrrole nitrogens is 1. The maximum Gasteiger partial charge on any atom is 0.252 e. The van der Waals surface area contributed by atoms with E-state index in [1.165, 1.54) is 0 Å². The normalized spacial score (nSPS) is 10.5. The largest absolute Gasteiger partial charge is 0.507 e. The Labute approximate surface area is 78.6 Å². The molecule has 0 saturated carbocycles. The molecule has 0 saturated heterocycles. The third-order valence-corrected chi connectivity index (χ3v) is 2.11. The summed E-state index contributed by atoms with van der Waals surface area (Å²) in [5.74, 6) is -0.0932. The molecule has 2 aromatic rings. The summed E-state index contributed by atoms with van der Waals surface area (Å²) >= 11 is 5.83. The molecule has 0 amide bonds. The number of aromatic hydroxyl groups is 1. The van der Waals surface area contributed by atoms with E-state index in [9.17, 15) is 9.90 Å². The predicted molar refractivity (Wildman–Crippen MR) is 51.2 cm³/mol. The summed E-state index contributed by atoms with van der Waals surface area (Å²) in [5, 5.41) is 10.3. The van der Waals surface area contributed by atoms with E-state index in [0.29, 0.717) is 15.9 Å². The van der Waals surface area contributed by atoms with Crippen LogP contribution in [0.2, 0.25) is 5.02 Å². The maximum atomic E-state index is 11.0. The van der Waals surface area contributed by atoms with Gasteiger partial charge in [-0.1, -0.05) is 17.7 Å². The molecule has 0 aliphatic rings. The van der Waals surface area contributed by atoms with Crippen LogP contribution in [0.4, 0.5) is 0 Å². The molecule has 13 heavy (non-hydrogen) atoms. The average molecular weight is 196 g/mol. The predicted octanol–water partition coefficient (Wildman–Crippen LogP) is 1.89. The molecule has 0 atom stereocenters. The Kier molecular flexibility index (Phi) is 1.74. The van der Waals surface area contributed by atoms with Crippen molar-refractivity contribution < 1.29 is 5.11 Å². The van der Waals surface area contributed by atoms with Gasteiger partial charge in [0.15, 0.2) is 0 Å². The Hall–Kier alpha value is -1.48. The van der Waals surface area contributed by atoms with Crippen LogP contribution in [0.3, 0.4) is 0 Å². The van der Waals surface area contributed by atoms with Crippen molar-refractivity contribution in [3.63, 3.8) is 0 Å². The summed E-state index contributed by atoms with van der Waals surface area (Å²) in [6.07, 6.45) is 0. The standard InChI is InChI=1S/C9H6ClNO2/c10-5-2-1-3-6-9(5)7(12)4-8(13)11-6/h1-4H,(H2,11,12,13). The number of aromatic amines is 1. The van der Waals surface area contributed by atoms with E-state index in [4.69, 9.17) is 11.6 Å². The van der Waals surface area contributed by atoms with Crippen LogP contribution < -0.4 is 5.56 Å². The monoisotopic (exact) mass is 195 g/mol. The molecular weight excluding hydrogens is 190 g/mol. The van der Waals surface area contributed by atoms with Crippen LogP contribution >= 0.6 is 11.6 Å². The van der Waals surface area contributed by atoms with Crippen LogP contribution in [0, 0.1) is 0 Å². The minimum absolute atomic E-state index is 0.0932. The van der Waals surface area contributed by atoms with Crippen LogP contribution in [0.25, 0.3) is 10.9 Å². The third-order valence-electron chi connectivity index (χ3n) is 1.80. The van der Waals surface area contributed by atoms with Crippen LogP contribution in [0.1, 0.15) is 0 Å². The number of benzene rings is 1. The SMILES string of the molecule is O=c1cc(O)c2c(Cl)cccc2[nH]1. The first-order chi connectivity index (χ1) is 6.18. The third kappa shape index (κ3) is 1.27. The molecular formula is C9H6ClNO2. The van der Waals surface area contributed by atoms with Crippen LogP contribution in [0.5, 0.6) is 5.75 Å². The molecule has 0 fully saturated rings. The van der Waals surface area contributed by atoms with Gasteiger partial charge in [0.1, 0.15) is 5.75 Å². The minimum Gasteiger partial charge on any atom is -0.507 e. The van der Waals surface area contributed by atoms with E-state index < -0.39 is 0 Å². The molecule has 4 heteroatoms. The molecule has 1 aromatic heterocycles. The van der Waals surface area contributed by atoms with Gasteiger partial charge in [0.2, 0.25) is 0 Å². The van der Waals surface area contributed by atoms with Gasteiger partial charge in [-0.05, 0) is 12.1 Å². The van der Waals surface area contributed by atoms with Crippen molar-refractivity contribution in [1.29, 1.82) is 0 Å². The summed E-state index contributed by atoms with van der Waals surface area (Å²) in [7, 11) is 0. The van der Waals surface area contributed by atoms with Crippen LogP contribution in [-0.2, 0) is 0 Å². The van der Waals surface area contributed by atoms with E-state index in [0.717, 1.165) is 6.07 Å². The van der Waals surface area contributed by atoms with Crippen molar-refractivity contribution in [3.05, 3.63) is 39.6 Å². The second kappa shape index (κ2) is 2.78. The Morgan fingerprint density at radius 1 is 1.38 bits per heavy atom. The number of rotatable bonds is 0. The zero-order chi connectivity index (χ0) is 9.42. The fraction of sp³-hybridized carbons (Fsp3) is 0. The Morgan fingerprint density at radius 3 is 2.92 bits per heavy atom. The number of halogens is 1. The van der Waals surface area contributed by atoms with Crippen molar-refractivity contribution in [2.24, 2.45) is 0 Å². The molecule has 3 nitrogen and oxygen atoms in total. The fourth-order valence-electron chi connectivity index (χ4n) is 1.25. The summed E-state index contributed by atoms with van der Waals surface area (Å²) in [6, 6.07) is 6.15. The van der Waals surface area contributed by atoms with Gasteiger partial charge in [0.05, 0.1) is 15.9 Å². The summed E-state index contributed by atoms with van der Waals surface area (Å²) in [4.78, 5) is 13.5. The smallest absolute Gasteiger partial charge is 0.252 e. The number of aromatic nitrogens is 1. The summed E-state index contributed by atoms with van der Waals surface area (Å²) in [5.41, 5.74) is 0.199. The van der Waals surface area contributed by atoms with Gasteiger partial charge < -0.3 is 10.1 Å². The van der Waals surface area contributed by atoms with Gasteiger partial charge in [-0.2, -0.15) is 0 Å². The van der Waals surface area contributed by atoms with Crippen molar-refractivity contribution in [2.45, 2.75) is 0 Å². The highest BCUT2D eigenvalue weighted by atomic mass is 35.5. The second-order valence-corrected chi connectivity index (χ2v) is 3.09. The number of hydrogen-bond acceptors (Lipinski definition) is 2. The van der Waals surface area contributed by atoms with Crippen molar-refractivity contribution in [2.75, 3.05) is 0 Å². The molecule has 2 N–H and O–H groups in total. The topological polar surface area (TPSA) is 53.1 Å². The van der Waals surface area contributed by atoms with Gasteiger partial charge in [0.25, 0.3) is 5.56 Å². The van der Waals surface area contributed by atoms with Gasteiger partial charge >= 0.3 is 0 Å². The lowest BCUT2D eigenvalue weighted by Gasteiger charge is -2.01. The Bertz CT molecular complexity index is 518. The van der Waals surface area contributed by atoms with Gasteiger partial charge in [0, 0.05) is 6.07 Å². The molecule has 66 valence electrons.